The number of non-ortho nitro benzene ring substituents is 1. The van der Waals surface area contributed by atoms with Gasteiger partial charge in [0, 0.05) is 30.2 Å². The summed E-state index contributed by atoms with van der Waals surface area (Å²) in [6.07, 6.45) is 0.573. The fraction of sp³-hybridized carbons (Fsp3) is 0.333. The van der Waals surface area contributed by atoms with E-state index < -0.39 is 28.7 Å². The topological polar surface area (TPSA) is 154 Å². The maximum atomic E-state index is 13.3. The molecule has 11 heteroatoms. The van der Waals surface area contributed by atoms with Crippen molar-refractivity contribution in [2.75, 3.05) is 26.9 Å². The standard InChI is InChI=1S/C27H25N3O8/c1-16-23(27(32)36-11-10-17-6-8-20(9-7-17)37-14-21-15-38-21)24(18-4-3-5-19(12-18)30(33)34)25(26(31)35-2)22(13-28)29-16/h3-9,12,21,24-25H,10-11,14-15H2,1-2H3. The number of benzene rings is 2. The predicted octanol–water partition coefficient (Wildman–Crippen LogP) is 3.28. The van der Waals surface area contributed by atoms with Crippen molar-refractivity contribution in [3.8, 4) is 11.8 Å². The van der Waals surface area contributed by atoms with Gasteiger partial charge in [0.05, 0.1) is 30.8 Å². The van der Waals surface area contributed by atoms with Gasteiger partial charge < -0.3 is 18.9 Å². The minimum atomic E-state index is -1.27. The summed E-state index contributed by atoms with van der Waals surface area (Å²) in [6.45, 7) is 2.77. The minimum absolute atomic E-state index is 0.0328. The molecule has 196 valence electrons. The molecule has 0 aromatic heterocycles. The zero-order valence-electron chi connectivity index (χ0n) is 20.8. The zero-order chi connectivity index (χ0) is 27.2. The number of nitro groups is 1. The Kier molecular flexibility index (Phi) is 8.13. The van der Waals surface area contributed by atoms with Crippen LogP contribution in [-0.2, 0) is 30.2 Å². The Morgan fingerprint density at radius 1 is 1.24 bits per heavy atom. The fourth-order valence-corrected chi connectivity index (χ4v) is 4.24. The lowest BCUT2D eigenvalue weighted by Crippen LogP contribution is -2.37. The van der Waals surface area contributed by atoms with Crippen molar-refractivity contribution in [2.45, 2.75) is 25.4 Å². The van der Waals surface area contributed by atoms with Crippen LogP contribution in [0.5, 0.6) is 5.75 Å². The lowest BCUT2D eigenvalue weighted by molar-refractivity contribution is -0.384. The molecule has 0 spiro atoms. The average Bonchev–Trinajstić information content (AvgIpc) is 3.76. The van der Waals surface area contributed by atoms with Gasteiger partial charge in [0.15, 0.2) is 0 Å². The van der Waals surface area contributed by atoms with Crippen molar-refractivity contribution in [1.29, 1.82) is 5.26 Å². The molecule has 2 aromatic rings. The van der Waals surface area contributed by atoms with Crippen molar-refractivity contribution < 1.29 is 33.5 Å². The van der Waals surface area contributed by atoms with E-state index in [1.807, 2.05) is 30.3 Å². The van der Waals surface area contributed by atoms with E-state index in [0.717, 1.165) is 12.7 Å². The average molecular weight is 520 g/mol. The number of esters is 2. The first kappa shape index (κ1) is 26.5. The highest BCUT2D eigenvalue weighted by Crippen LogP contribution is 2.41. The van der Waals surface area contributed by atoms with Crippen molar-refractivity contribution in [3.63, 3.8) is 0 Å². The number of rotatable bonds is 10. The molecule has 3 atom stereocenters. The molecule has 38 heavy (non-hydrogen) atoms. The number of methoxy groups -OCH3 is 1. The molecule has 0 radical (unpaired) electrons. The number of nitro benzene ring substituents is 1. The maximum absolute atomic E-state index is 13.3. The van der Waals surface area contributed by atoms with Crippen LogP contribution >= 0.6 is 0 Å². The van der Waals surface area contributed by atoms with E-state index >= 15 is 0 Å². The van der Waals surface area contributed by atoms with Crippen molar-refractivity contribution >= 4 is 23.3 Å². The summed E-state index contributed by atoms with van der Waals surface area (Å²) >= 11 is 0. The highest BCUT2D eigenvalue weighted by molar-refractivity contribution is 6.14. The molecule has 1 fully saturated rings. The molecule has 0 aliphatic carbocycles. The monoisotopic (exact) mass is 519 g/mol. The van der Waals surface area contributed by atoms with Gasteiger partial charge in [-0.1, -0.05) is 24.3 Å². The van der Waals surface area contributed by atoms with Crippen LogP contribution in [0.1, 0.15) is 24.0 Å². The summed E-state index contributed by atoms with van der Waals surface area (Å²) in [5.41, 5.74) is 1.04. The van der Waals surface area contributed by atoms with Gasteiger partial charge in [-0.3, -0.25) is 14.9 Å². The Morgan fingerprint density at radius 2 is 1.97 bits per heavy atom. The van der Waals surface area contributed by atoms with Gasteiger partial charge in [-0.25, -0.2) is 9.79 Å². The molecule has 1 saturated heterocycles. The van der Waals surface area contributed by atoms with Crippen molar-refractivity contribution in [2.24, 2.45) is 10.9 Å². The van der Waals surface area contributed by atoms with E-state index in [9.17, 15) is 25.0 Å². The Morgan fingerprint density at radius 3 is 2.61 bits per heavy atom. The number of hydrogen-bond donors (Lipinski definition) is 0. The number of hydrogen-bond acceptors (Lipinski definition) is 10. The molecule has 2 aliphatic heterocycles. The van der Waals surface area contributed by atoms with E-state index in [4.69, 9.17) is 18.9 Å². The lowest BCUT2D eigenvalue weighted by Gasteiger charge is -2.30. The fourth-order valence-electron chi connectivity index (χ4n) is 4.24. The number of epoxide rings is 1. The first-order valence-corrected chi connectivity index (χ1v) is 11.8. The highest BCUT2D eigenvalue weighted by Gasteiger charge is 2.44. The van der Waals surface area contributed by atoms with Crippen LogP contribution in [-0.4, -0.2) is 55.6 Å². The van der Waals surface area contributed by atoms with Crippen LogP contribution in [0.15, 0.2) is 64.8 Å². The number of nitrogens with zero attached hydrogens (tertiary/aromatic N) is 3. The molecular weight excluding hydrogens is 494 g/mol. The quantitative estimate of drug-likeness (QED) is 0.199. The number of allylic oxidation sites excluding steroid dienone is 1. The summed E-state index contributed by atoms with van der Waals surface area (Å²) in [6, 6.07) is 14.8. The molecule has 0 amide bonds. The summed E-state index contributed by atoms with van der Waals surface area (Å²) in [7, 11) is 1.15. The smallest absolute Gasteiger partial charge is 0.336 e. The van der Waals surface area contributed by atoms with E-state index in [2.05, 4.69) is 4.99 Å². The molecule has 2 heterocycles. The Labute approximate surface area is 218 Å². The van der Waals surface area contributed by atoms with Crippen molar-refractivity contribution in [1.82, 2.24) is 0 Å². The van der Waals surface area contributed by atoms with E-state index in [0.29, 0.717) is 25.4 Å². The Balaban J connectivity index is 1.54. The third-order valence-corrected chi connectivity index (χ3v) is 6.23. The van der Waals surface area contributed by atoms with Crippen LogP contribution in [0.25, 0.3) is 0 Å². The van der Waals surface area contributed by atoms with Crippen LogP contribution in [0.3, 0.4) is 0 Å². The molecule has 4 rings (SSSR count). The minimum Gasteiger partial charge on any atom is -0.491 e. The van der Waals surface area contributed by atoms with E-state index in [1.165, 1.54) is 25.1 Å². The third kappa shape index (κ3) is 6.04. The molecule has 2 aliphatic rings. The first-order valence-electron chi connectivity index (χ1n) is 11.8. The van der Waals surface area contributed by atoms with E-state index in [-0.39, 0.29) is 40.9 Å². The molecule has 0 N–H and O–H groups in total. The van der Waals surface area contributed by atoms with Crippen molar-refractivity contribution in [3.05, 3.63) is 81.0 Å². The normalized spacial score (nSPS) is 20.1. The van der Waals surface area contributed by atoms with Crippen LogP contribution in [0.2, 0.25) is 0 Å². The second-order valence-corrected chi connectivity index (χ2v) is 8.73. The second-order valence-electron chi connectivity index (χ2n) is 8.73. The zero-order valence-corrected chi connectivity index (χ0v) is 20.8. The largest absolute Gasteiger partial charge is 0.491 e. The summed E-state index contributed by atoms with van der Waals surface area (Å²) in [5, 5.41) is 21.1. The molecular formula is C27H25N3O8. The number of nitriles is 1. The number of aliphatic imine (C=N–C) groups is 1. The second kappa shape index (κ2) is 11.7. The molecule has 0 bridgehead atoms. The van der Waals surface area contributed by atoms with Gasteiger partial charge in [-0.05, 0) is 30.2 Å². The SMILES string of the molecule is COC(=O)C1C(C#N)=NC(C)=C(C(=O)OCCc2ccc(OCC3CO3)cc2)C1c1cccc([N+](=O)[O-])c1. The number of carbonyl (C=O) groups excluding carboxylic acids is 2. The maximum Gasteiger partial charge on any atom is 0.336 e. The van der Waals surface area contributed by atoms with Crippen LogP contribution in [0, 0.1) is 27.4 Å². The van der Waals surface area contributed by atoms with Gasteiger partial charge in [0.1, 0.15) is 36.2 Å². The van der Waals surface area contributed by atoms with Gasteiger partial charge in [-0.2, -0.15) is 5.26 Å². The van der Waals surface area contributed by atoms with Gasteiger partial charge in [-0.15, -0.1) is 0 Å². The number of ether oxygens (including phenoxy) is 4. The summed E-state index contributed by atoms with van der Waals surface area (Å²) in [5.74, 6) is -3.15. The van der Waals surface area contributed by atoms with Gasteiger partial charge >= 0.3 is 11.9 Å². The number of carbonyl (C=O) groups is 2. The molecule has 2 aromatic carbocycles. The van der Waals surface area contributed by atoms with E-state index in [1.54, 1.807) is 6.07 Å². The molecule has 0 saturated carbocycles. The van der Waals surface area contributed by atoms with Crippen LogP contribution < -0.4 is 4.74 Å². The first-order chi connectivity index (χ1) is 18.3. The highest BCUT2D eigenvalue weighted by atomic mass is 16.6. The van der Waals surface area contributed by atoms with Gasteiger partial charge in [0.25, 0.3) is 5.69 Å². The predicted molar refractivity (Wildman–Crippen MR) is 133 cm³/mol. The molecule has 11 nitrogen and oxygen atoms in total. The summed E-state index contributed by atoms with van der Waals surface area (Å²) < 4.78 is 21.2. The lowest BCUT2D eigenvalue weighted by atomic mass is 9.75. The Hall–Kier alpha value is -4.56. The third-order valence-electron chi connectivity index (χ3n) is 6.23. The summed E-state index contributed by atoms with van der Waals surface area (Å²) in [4.78, 5) is 41.0. The van der Waals surface area contributed by atoms with Crippen LogP contribution in [0.4, 0.5) is 5.69 Å². The Bertz CT molecular complexity index is 1340. The van der Waals surface area contributed by atoms with Gasteiger partial charge in [0.2, 0.25) is 0 Å². The molecule has 3 unspecified atom stereocenters.